The predicted octanol–water partition coefficient (Wildman–Crippen LogP) is 2.90. The molecule has 104 valence electrons. The molecule has 2 aromatic rings. The topological polar surface area (TPSA) is 49.2 Å². The summed E-state index contributed by atoms with van der Waals surface area (Å²) in [5, 5.41) is 23.8. The Morgan fingerprint density at radius 2 is 2.11 bits per heavy atom. The van der Waals surface area contributed by atoms with Crippen LogP contribution < -0.4 is 4.90 Å². The Bertz CT molecular complexity index is 502. The first kappa shape index (κ1) is 14.4. The zero-order valence-corrected chi connectivity index (χ0v) is 13.1. The lowest BCUT2D eigenvalue weighted by atomic mass is 9.98. The van der Waals surface area contributed by atoms with Gasteiger partial charge < -0.3 is 10.0 Å². The van der Waals surface area contributed by atoms with E-state index in [1.165, 1.54) is 5.56 Å². The van der Waals surface area contributed by atoms with Crippen LogP contribution in [-0.4, -0.2) is 28.5 Å². The second-order valence-electron chi connectivity index (χ2n) is 5.42. The molecule has 0 bridgehead atoms. The highest BCUT2D eigenvalue weighted by atomic mass is 32.1. The summed E-state index contributed by atoms with van der Waals surface area (Å²) in [5.41, 5.74) is 1.26. The maximum atomic E-state index is 9.21. The van der Waals surface area contributed by atoms with Gasteiger partial charge in [0.2, 0.25) is 5.13 Å². The number of aromatic nitrogens is 2. The fourth-order valence-corrected chi connectivity index (χ4v) is 3.20. The van der Waals surface area contributed by atoms with E-state index in [9.17, 15) is 5.11 Å². The molecule has 2 rings (SSSR count). The molecular weight excluding hydrogens is 278 g/mol. The van der Waals surface area contributed by atoms with Crippen LogP contribution in [0.4, 0.5) is 5.13 Å². The Morgan fingerprint density at radius 1 is 1.32 bits per heavy atom. The highest BCUT2D eigenvalue weighted by Gasteiger charge is 2.21. The number of anilines is 1. The Hall–Kier alpha value is -0.980. The van der Waals surface area contributed by atoms with Crippen LogP contribution in [0.3, 0.4) is 0 Å². The summed E-state index contributed by atoms with van der Waals surface area (Å²) in [6.07, 6.45) is 0. The molecule has 0 radical (unpaired) electrons. The van der Waals surface area contributed by atoms with Crippen LogP contribution in [0, 0.1) is 0 Å². The molecule has 19 heavy (non-hydrogen) atoms. The quantitative estimate of drug-likeness (QED) is 0.922. The molecule has 0 aliphatic rings. The number of rotatable bonds is 5. The Balaban J connectivity index is 2.17. The Labute approximate surface area is 121 Å². The molecule has 0 saturated carbocycles. The number of hydrogen-bond donors (Lipinski definition) is 1. The normalized spacial score (nSPS) is 11.8. The number of aliphatic hydroxyl groups is 1. The van der Waals surface area contributed by atoms with Gasteiger partial charge in [-0.05, 0) is 22.4 Å². The highest BCUT2D eigenvalue weighted by Crippen LogP contribution is 2.30. The molecular formula is C13H19N3OS2. The first-order chi connectivity index (χ1) is 9.00. The van der Waals surface area contributed by atoms with Crippen LogP contribution in [0.5, 0.6) is 0 Å². The van der Waals surface area contributed by atoms with Gasteiger partial charge in [0, 0.05) is 18.5 Å². The summed E-state index contributed by atoms with van der Waals surface area (Å²) >= 11 is 3.29. The Kier molecular flexibility index (Phi) is 4.54. The number of hydrogen-bond acceptors (Lipinski definition) is 6. The van der Waals surface area contributed by atoms with Crippen molar-refractivity contribution in [3.63, 3.8) is 0 Å². The van der Waals surface area contributed by atoms with Crippen LogP contribution in [0.25, 0.3) is 0 Å². The smallest absolute Gasteiger partial charge is 0.208 e. The van der Waals surface area contributed by atoms with E-state index < -0.39 is 0 Å². The minimum Gasteiger partial charge on any atom is -0.395 e. The number of nitrogens with zero attached hydrogens (tertiary/aromatic N) is 3. The van der Waals surface area contributed by atoms with Crippen LogP contribution in [-0.2, 0) is 12.0 Å². The van der Waals surface area contributed by atoms with Crippen molar-refractivity contribution in [2.75, 3.05) is 18.1 Å². The van der Waals surface area contributed by atoms with Crippen molar-refractivity contribution in [1.29, 1.82) is 0 Å². The van der Waals surface area contributed by atoms with Gasteiger partial charge in [0.25, 0.3) is 0 Å². The first-order valence-corrected chi connectivity index (χ1v) is 7.97. The maximum absolute atomic E-state index is 9.21. The highest BCUT2D eigenvalue weighted by molar-refractivity contribution is 7.15. The van der Waals surface area contributed by atoms with E-state index in [-0.39, 0.29) is 12.0 Å². The third-order valence-electron chi connectivity index (χ3n) is 2.65. The molecule has 0 fully saturated rings. The molecule has 1 N–H and O–H groups in total. The molecule has 2 aromatic heterocycles. The van der Waals surface area contributed by atoms with Crippen LogP contribution in [0.15, 0.2) is 16.8 Å². The molecule has 0 aliphatic carbocycles. The lowest BCUT2D eigenvalue weighted by Gasteiger charge is -2.19. The fraction of sp³-hybridized carbons (Fsp3) is 0.538. The zero-order chi connectivity index (χ0) is 13.9. The van der Waals surface area contributed by atoms with Crippen molar-refractivity contribution in [3.05, 3.63) is 27.4 Å². The van der Waals surface area contributed by atoms with Crippen molar-refractivity contribution in [2.24, 2.45) is 0 Å². The van der Waals surface area contributed by atoms with Gasteiger partial charge in [0.1, 0.15) is 5.01 Å². The summed E-state index contributed by atoms with van der Waals surface area (Å²) in [5.74, 6) is 0. The van der Waals surface area contributed by atoms with E-state index in [0.717, 1.165) is 16.7 Å². The van der Waals surface area contributed by atoms with E-state index >= 15 is 0 Å². The SMILES string of the molecule is CC(C)(C)c1nnc(N(CCO)Cc2ccsc2)s1. The third kappa shape index (κ3) is 3.75. The Morgan fingerprint density at radius 3 is 2.63 bits per heavy atom. The van der Waals surface area contributed by atoms with E-state index in [2.05, 4.69) is 52.7 Å². The summed E-state index contributed by atoms with van der Waals surface area (Å²) in [6, 6.07) is 2.10. The molecule has 0 aromatic carbocycles. The average Bonchev–Trinajstić information content (AvgIpc) is 2.98. The average molecular weight is 297 g/mol. The van der Waals surface area contributed by atoms with Crippen molar-refractivity contribution >= 4 is 27.8 Å². The molecule has 0 unspecified atom stereocenters. The zero-order valence-electron chi connectivity index (χ0n) is 11.5. The molecule has 0 saturated heterocycles. The van der Waals surface area contributed by atoms with Gasteiger partial charge in [-0.3, -0.25) is 0 Å². The van der Waals surface area contributed by atoms with Crippen molar-refractivity contribution < 1.29 is 5.11 Å². The largest absolute Gasteiger partial charge is 0.395 e. The summed E-state index contributed by atoms with van der Waals surface area (Å²) in [7, 11) is 0. The molecule has 0 amide bonds. The maximum Gasteiger partial charge on any atom is 0.208 e. The van der Waals surface area contributed by atoms with Gasteiger partial charge in [-0.25, -0.2) is 0 Å². The van der Waals surface area contributed by atoms with E-state index in [0.29, 0.717) is 6.54 Å². The molecule has 0 aliphatic heterocycles. The van der Waals surface area contributed by atoms with Gasteiger partial charge in [-0.2, -0.15) is 11.3 Å². The summed E-state index contributed by atoms with van der Waals surface area (Å²) in [4.78, 5) is 2.08. The first-order valence-electron chi connectivity index (χ1n) is 6.21. The second-order valence-corrected chi connectivity index (χ2v) is 7.15. The lowest BCUT2D eigenvalue weighted by Crippen LogP contribution is -2.25. The molecule has 0 atom stereocenters. The van der Waals surface area contributed by atoms with E-state index in [4.69, 9.17) is 0 Å². The second kappa shape index (κ2) is 5.98. The molecule has 2 heterocycles. The van der Waals surface area contributed by atoms with Crippen LogP contribution in [0.2, 0.25) is 0 Å². The van der Waals surface area contributed by atoms with Gasteiger partial charge in [-0.15, -0.1) is 10.2 Å². The molecule has 6 heteroatoms. The van der Waals surface area contributed by atoms with Crippen LogP contribution >= 0.6 is 22.7 Å². The predicted molar refractivity (Wildman–Crippen MR) is 81.1 cm³/mol. The van der Waals surface area contributed by atoms with Gasteiger partial charge in [0.15, 0.2) is 0 Å². The van der Waals surface area contributed by atoms with Gasteiger partial charge in [-0.1, -0.05) is 32.1 Å². The fourth-order valence-electron chi connectivity index (χ4n) is 1.61. The van der Waals surface area contributed by atoms with Gasteiger partial charge in [0.05, 0.1) is 6.61 Å². The lowest BCUT2D eigenvalue weighted by molar-refractivity contribution is 0.301. The van der Waals surface area contributed by atoms with Crippen molar-refractivity contribution in [1.82, 2.24) is 10.2 Å². The third-order valence-corrected chi connectivity index (χ3v) is 4.79. The summed E-state index contributed by atoms with van der Waals surface area (Å²) < 4.78 is 0. The van der Waals surface area contributed by atoms with E-state index in [1.807, 2.05) is 0 Å². The molecule has 4 nitrogen and oxygen atoms in total. The van der Waals surface area contributed by atoms with Gasteiger partial charge >= 0.3 is 0 Å². The minimum absolute atomic E-state index is 0.0170. The molecule has 0 spiro atoms. The number of aliphatic hydroxyl groups excluding tert-OH is 1. The standard InChI is InChI=1S/C13H19N3OS2/c1-13(2,3)11-14-15-12(19-11)16(5-6-17)8-10-4-7-18-9-10/h4,7,9,17H,5-6,8H2,1-3H3. The van der Waals surface area contributed by atoms with Crippen molar-refractivity contribution in [2.45, 2.75) is 32.7 Å². The summed E-state index contributed by atoms with van der Waals surface area (Å²) in [6.45, 7) is 7.86. The van der Waals surface area contributed by atoms with Crippen molar-refractivity contribution in [3.8, 4) is 0 Å². The monoisotopic (exact) mass is 297 g/mol. The number of thiophene rings is 1. The van der Waals surface area contributed by atoms with E-state index in [1.54, 1.807) is 22.7 Å². The minimum atomic E-state index is 0.0170. The van der Waals surface area contributed by atoms with Crippen LogP contribution in [0.1, 0.15) is 31.3 Å².